The van der Waals surface area contributed by atoms with Gasteiger partial charge in [-0.05, 0) is 26.0 Å². The van der Waals surface area contributed by atoms with Crippen molar-refractivity contribution < 1.29 is 0 Å². The van der Waals surface area contributed by atoms with Crippen LogP contribution in [0, 0.1) is 13.8 Å². The summed E-state index contributed by atoms with van der Waals surface area (Å²) in [7, 11) is 1.95. The van der Waals surface area contributed by atoms with Gasteiger partial charge >= 0.3 is 0 Å². The lowest BCUT2D eigenvalue weighted by atomic mass is 10.1. The van der Waals surface area contributed by atoms with Gasteiger partial charge in [0.2, 0.25) is 0 Å². The van der Waals surface area contributed by atoms with E-state index in [2.05, 4.69) is 17.4 Å². The number of hydrogen-bond donors (Lipinski definition) is 1. The zero-order valence-corrected chi connectivity index (χ0v) is 12.5. The highest BCUT2D eigenvalue weighted by molar-refractivity contribution is 7.13. The van der Waals surface area contributed by atoms with Crippen LogP contribution in [0.5, 0.6) is 0 Å². The fraction of sp³-hybridized carbons (Fsp3) is 0.200. The molecule has 0 bridgehead atoms. The number of rotatable bonds is 2. The Bertz CT molecular complexity index is 770. The lowest BCUT2D eigenvalue weighted by molar-refractivity contribution is 0.731. The monoisotopic (exact) mass is 284 g/mol. The summed E-state index contributed by atoms with van der Waals surface area (Å²) in [4.78, 5) is 4.73. The lowest BCUT2D eigenvalue weighted by Crippen LogP contribution is -1.92. The van der Waals surface area contributed by atoms with Crippen LogP contribution in [-0.4, -0.2) is 14.8 Å². The summed E-state index contributed by atoms with van der Waals surface area (Å²) in [6.45, 7) is 4.07. The Morgan fingerprint density at radius 1 is 1.20 bits per heavy atom. The standard InChI is InChI=1S/C15H16N4S/c1-9-14(10(2)19(3)18-9)13-8-20-15(17-13)11-6-4-5-7-12(11)16/h4-8H,16H2,1-3H3. The zero-order valence-electron chi connectivity index (χ0n) is 11.7. The fourth-order valence-corrected chi connectivity index (χ4v) is 3.21. The minimum atomic E-state index is 0.757. The van der Waals surface area contributed by atoms with Gasteiger partial charge in [0.25, 0.3) is 0 Å². The molecule has 0 aliphatic rings. The number of thiazole rings is 1. The van der Waals surface area contributed by atoms with Gasteiger partial charge in [-0.3, -0.25) is 4.68 Å². The van der Waals surface area contributed by atoms with Crippen LogP contribution in [0.2, 0.25) is 0 Å². The Hall–Kier alpha value is -2.14. The van der Waals surface area contributed by atoms with Gasteiger partial charge in [0.15, 0.2) is 0 Å². The maximum absolute atomic E-state index is 6.01. The number of aromatic nitrogens is 3. The summed E-state index contributed by atoms with van der Waals surface area (Å²) in [6, 6.07) is 7.81. The summed E-state index contributed by atoms with van der Waals surface area (Å²) in [6.07, 6.45) is 0. The molecular formula is C15H16N4S. The van der Waals surface area contributed by atoms with Gasteiger partial charge in [-0.1, -0.05) is 12.1 Å². The smallest absolute Gasteiger partial charge is 0.126 e. The van der Waals surface area contributed by atoms with E-state index in [9.17, 15) is 0 Å². The quantitative estimate of drug-likeness (QED) is 0.734. The molecule has 20 heavy (non-hydrogen) atoms. The van der Waals surface area contributed by atoms with Crippen LogP contribution < -0.4 is 5.73 Å². The molecular weight excluding hydrogens is 268 g/mol. The minimum Gasteiger partial charge on any atom is -0.398 e. The van der Waals surface area contributed by atoms with Crippen LogP contribution >= 0.6 is 11.3 Å². The van der Waals surface area contributed by atoms with E-state index in [-0.39, 0.29) is 0 Å². The molecule has 3 rings (SSSR count). The molecule has 1 aromatic carbocycles. The number of nitrogens with zero attached hydrogens (tertiary/aromatic N) is 3. The van der Waals surface area contributed by atoms with Crippen LogP contribution in [-0.2, 0) is 7.05 Å². The maximum Gasteiger partial charge on any atom is 0.126 e. The van der Waals surface area contributed by atoms with Crippen molar-refractivity contribution in [1.82, 2.24) is 14.8 Å². The van der Waals surface area contributed by atoms with Crippen molar-refractivity contribution in [3.05, 3.63) is 41.0 Å². The number of hydrogen-bond acceptors (Lipinski definition) is 4. The Labute approximate surface area is 121 Å². The van der Waals surface area contributed by atoms with Gasteiger partial charge in [-0.2, -0.15) is 5.10 Å². The zero-order chi connectivity index (χ0) is 14.3. The summed E-state index contributed by atoms with van der Waals surface area (Å²) in [5.74, 6) is 0. The summed E-state index contributed by atoms with van der Waals surface area (Å²) in [5, 5.41) is 7.46. The van der Waals surface area contributed by atoms with Crippen molar-refractivity contribution in [2.24, 2.45) is 7.05 Å². The van der Waals surface area contributed by atoms with Crippen molar-refractivity contribution in [3.8, 4) is 21.8 Å². The third-order valence-corrected chi connectivity index (χ3v) is 4.34. The van der Waals surface area contributed by atoms with Crippen molar-refractivity contribution in [1.29, 1.82) is 0 Å². The highest BCUT2D eigenvalue weighted by Gasteiger charge is 2.15. The Balaban J connectivity index is 2.09. The average Bonchev–Trinajstić information content (AvgIpc) is 2.96. The van der Waals surface area contributed by atoms with E-state index in [1.54, 1.807) is 11.3 Å². The van der Waals surface area contributed by atoms with E-state index >= 15 is 0 Å². The fourth-order valence-electron chi connectivity index (χ4n) is 2.35. The predicted molar refractivity (Wildman–Crippen MR) is 83.6 cm³/mol. The van der Waals surface area contributed by atoms with Crippen molar-refractivity contribution in [3.63, 3.8) is 0 Å². The topological polar surface area (TPSA) is 56.7 Å². The van der Waals surface area contributed by atoms with Crippen molar-refractivity contribution >= 4 is 17.0 Å². The molecule has 4 nitrogen and oxygen atoms in total. The Kier molecular flexibility index (Phi) is 3.06. The van der Waals surface area contributed by atoms with E-state index in [4.69, 9.17) is 10.7 Å². The summed E-state index contributed by atoms with van der Waals surface area (Å²) >= 11 is 1.61. The molecule has 0 fully saturated rings. The Morgan fingerprint density at radius 3 is 2.60 bits per heavy atom. The van der Waals surface area contributed by atoms with Crippen molar-refractivity contribution in [2.45, 2.75) is 13.8 Å². The van der Waals surface area contributed by atoms with Crippen LogP contribution in [0.1, 0.15) is 11.4 Å². The number of aryl methyl sites for hydroxylation is 2. The van der Waals surface area contributed by atoms with E-state index in [1.807, 2.05) is 42.9 Å². The molecule has 0 aliphatic carbocycles. The molecule has 0 saturated heterocycles. The second-order valence-electron chi connectivity index (χ2n) is 4.79. The van der Waals surface area contributed by atoms with Crippen molar-refractivity contribution in [2.75, 3.05) is 5.73 Å². The summed E-state index contributed by atoms with van der Waals surface area (Å²) < 4.78 is 1.89. The number of para-hydroxylation sites is 1. The lowest BCUT2D eigenvalue weighted by Gasteiger charge is -2.01. The molecule has 0 radical (unpaired) electrons. The van der Waals surface area contributed by atoms with Crippen LogP contribution in [0.3, 0.4) is 0 Å². The number of benzene rings is 1. The predicted octanol–water partition coefficient (Wildman–Crippen LogP) is 3.41. The molecule has 0 spiro atoms. The van der Waals surface area contributed by atoms with Gasteiger partial charge in [-0.25, -0.2) is 4.98 Å². The molecule has 0 amide bonds. The molecule has 102 valence electrons. The normalized spacial score (nSPS) is 10.9. The molecule has 2 heterocycles. The van der Waals surface area contributed by atoms with Gasteiger partial charge in [0.05, 0.1) is 11.4 Å². The molecule has 2 aromatic heterocycles. The highest BCUT2D eigenvalue weighted by Crippen LogP contribution is 2.34. The molecule has 0 unspecified atom stereocenters. The second-order valence-corrected chi connectivity index (χ2v) is 5.65. The average molecular weight is 284 g/mol. The third kappa shape index (κ3) is 2.00. The molecule has 0 aliphatic heterocycles. The molecule has 0 saturated carbocycles. The van der Waals surface area contributed by atoms with Gasteiger partial charge < -0.3 is 5.73 Å². The Morgan fingerprint density at radius 2 is 1.95 bits per heavy atom. The molecule has 3 aromatic rings. The maximum atomic E-state index is 6.01. The third-order valence-electron chi connectivity index (χ3n) is 3.46. The van der Waals surface area contributed by atoms with Crippen LogP contribution in [0.25, 0.3) is 21.8 Å². The largest absolute Gasteiger partial charge is 0.398 e. The van der Waals surface area contributed by atoms with E-state index in [1.165, 1.54) is 0 Å². The number of anilines is 1. The van der Waals surface area contributed by atoms with E-state index in [0.29, 0.717) is 0 Å². The van der Waals surface area contributed by atoms with Gasteiger partial charge in [0.1, 0.15) is 5.01 Å². The number of nitrogen functional groups attached to an aromatic ring is 1. The first-order chi connectivity index (χ1) is 9.58. The molecule has 2 N–H and O–H groups in total. The molecule has 0 atom stereocenters. The first kappa shape index (κ1) is 12.9. The first-order valence-corrected chi connectivity index (χ1v) is 7.27. The highest BCUT2D eigenvalue weighted by atomic mass is 32.1. The first-order valence-electron chi connectivity index (χ1n) is 6.39. The van der Waals surface area contributed by atoms with Gasteiger partial charge in [-0.15, -0.1) is 11.3 Å². The minimum absolute atomic E-state index is 0.757. The second kappa shape index (κ2) is 4.76. The van der Waals surface area contributed by atoms with Gasteiger partial charge in [0, 0.05) is 34.9 Å². The van der Waals surface area contributed by atoms with E-state index in [0.717, 1.165) is 38.9 Å². The van der Waals surface area contributed by atoms with E-state index < -0.39 is 0 Å². The SMILES string of the molecule is Cc1nn(C)c(C)c1-c1csc(-c2ccccc2N)n1. The molecule has 5 heteroatoms. The van der Waals surface area contributed by atoms with Crippen LogP contribution in [0.15, 0.2) is 29.6 Å². The van der Waals surface area contributed by atoms with Crippen LogP contribution in [0.4, 0.5) is 5.69 Å². The summed E-state index contributed by atoms with van der Waals surface area (Å²) in [5.41, 5.74) is 12.0. The number of nitrogens with two attached hydrogens (primary N) is 1.